The molecule has 1 saturated heterocycles. The Bertz CT molecular complexity index is 909. The molecule has 30 heavy (non-hydrogen) atoms. The molecule has 0 bridgehead atoms. The fraction of sp³-hybridized carbons (Fsp3) is 0.348. The smallest absolute Gasteiger partial charge is 0.295 e. The summed E-state index contributed by atoms with van der Waals surface area (Å²) in [5.74, 6) is -0.872. The quantitative estimate of drug-likeness (QED) is 0.295. The van der Waals surface area contributed by atoms with E-state index < -0.39 is 17.7 Å². The molecule has 1 N–H and O–H groups in total. The van der Waals surface area contributed by atoms with Gasteiger partial charge in [0.15, 0.2) is 0 Å². The van der Waals surface area contributed by atoms with Gasteiger partial charge in [-0.15, -0.1) is 0 Å². The number of rotatable bonds is 9. The third-order valence-corrected chi connectivity index (χ3v) is 4.99. The summed E-state index contributed by atoms with van der Waals surface area (Å²) in [6.45, 7) is 3.23. The molecule has 1 amide bonds. The highest BCUT2D eigenvalue weighted by Crippen LogP contribution is 2.39. The number of carbonyl (C=O) groups is 2. The van der Waals surface area contributed by atoms with Gasteiger partial charge < -0.3 is 19.5 Å². The molecule has 7 heteroatoms. The number of likely N-dealkylation sites (tertiary alicyclic amines) is 1. The average Bonchev–Trinajstić information content (AvgIpc) is 3.03. The summed E-state index contributed by atoms with van der Waals surface area (Å²) >= 11 is 0. The molecule has 7 nitrogen and oxygen atoms in total. The Kier molecular flexibility index (Phi) is 7.19. The molecule has 0 spiro atoms. The lowest BCUT2D eigenvalue weighted by Gasteiger charge is -2.25. The molecule has 1 unspecified atom stereocenters. The van der Waals surface area contributed by atoms with E-state index in [-0.39, 0.29) is 24.5 Å². The fourth-order valence-electron chi connectivity index (χ4n) is 3.39. The van der Waals surface area contributed by atoms with E-state index >= 15 is 0 Å². The second kappa shape index (κ2) is 10.0. The van der Waals surface area contributed by atoms with Gasteiger partial charge in [0.05, 0.1) is 24.8 Å². The molecule has 1 fully saturated rings. The maximum absolute atomic E-state index is 12.8. The van der Waals surface area contributed by atoms with Crippen LogP contribution in [0.15, 0.2) is 54.4 Å². The van der Waals surface area contributed by atoms with Gasteiger partial charge in [-0.3, -0.25) is 14.6 Å². The summed E-state index contributed by atoms with van der Waals surface area (Å²) in [7, 11) is 1.53. The normalized spacial score (nSPS) is 18.1. The largest absolute Gasteiger partial charge is 0.507 e. The van der Waals surface area contributed by atoms with E-state index in [1.807, 2.05) is 24.3 Å². The molecule has 158 valence electrons. The molecule has 2 heterocycles. The molecule has 1 atom stereocenters. The first-order chi connectivity index (χ1) is 14.6. The van der Waals surface area contributed by atoms with Gasteiger partial charge in [-0.05, 0) is 36.2 Å². The molecular formula is C23H26N2O5. The Labute approximate surface area is 175 Å². The maximum Gasteiger partial charge on any atom is 0.295 e. The van der Waals surface area contributed by atoms with Gasteiger partial charge in [0, 0.05) is 31.6 Å². The zero-order chi connectivity index (χ0) is 21.5. The third kappa shape index (κ3) is 4.52. The van der Waals surface area contributed by atoms with E-state index in [9.17, 15) is 14.7 Å². The molecular weight excluding hydrogens is 384 g/mol. The van der Waals surface area contributed by atoms with Crippen molar-refractivity contribution in [3.05, 3.63) is 65.5 Å². The summed E-state index contributed by atoms with van der Waals surface area (Å²) < 4.78 is 10.8. The van der Waals surface area contributed by atoms with Gasteiger partial charge in [0.2, 0.25) is 0 Å². The molecule has 0 saturated carbocycles. The monoisotopic (exact) mass is 410 g/mol. The summed E-state index contributed by atoms with van der Waals surface area (Å²) in [6.07, 6.45) is 5.05. The lowest BCUT2D eigenvalue weighted by atomic mass is 9.95. The van der Waals surface area contributed by atoms with Crippen LogP contribution in [0, 0.1) is 0 Å². The molecule has 1 aromatic carbocycles. The molecule has 3 rings (SSSR count). The number of benzene rings is 1. The van der Waals surface area contributed by atoms with Gasteiger partial charge in [0.25, 0.3) is 11.7 Å². The second-order valence-corrected chi connectivity index (χ2v) is 6.99. The van der Waals surface area contributed by atoms with E-state index in [1.54, 1.807) is 12.1 Å². The number of carbonyl (C=O) groups excluding carboxylic acids is 2. The third-order valence-electron chi connectivity index (χ3n) is 4.99. The molecule has 1 aliphatic rings. The first-order valence-corrected chi connectivity index (χ1v) is 9.99. The van der Waals surface area contributed by atoms with Gasteiger partial charge >= 0.3 is 0 Å². The van der Waals surface area contributed by atoms with Crippen molar-refractivity contribution < 1.29 is 24.2 Å². The molecule has 0 radical (unpaired) electrons. The number of aromatic nitrogens is 1. The lowest BCUT2D eigenvalue weighted by Crippen LogP contribution is -2.32. The van der Waals surface area contributed by atoms with Crippen LogP contribution in [-0.4, -0.2) is 53.5 Å². The number of ether oxygens (including phenoxy) is 2. The highest BCUT2D eigenvalue weighted by atomic mass is 16.5. The molecule has 1 aromatic heterocycles. The molecule has 0 aliphatic carbocycles. The first-order valence-electron chi connectivity index (χ1n) is 9.99. The number of aliphatic hydroxyl groups is 1. The Morgan fingerprint density at radius 2 is 1.80 bits per heavy atom. The zero-order valence-electron chi connectivity index (χ0n) is 17.2. The van der Waals surface area contributed by atoms with Gasteiger partial charge in [-0.2, -0.15) is 0 Å². The average molecular weight is 410 g/mol. The van der Waals surface area contributed by atoms with Crippen LogP contribution in [0.3, 0.4) is 0 Å². The van der Waals surface area contributed by atoms with Crippen molar-refractivity contribution in [3.8, 4) is 5.75 Å². The number of pyridine rings is 1. The highest BCUT2D eigenvalue weighted by molar-refractivity contribution is 6.46. The van der Waals surface area contributed by atoms with E-state index in [0.29, 0.717) is 17.7 Å². The number of aliphatic hydroxyl groups excluding tert-OH is 1. The number of nitrogens with zero attached hydrogens (tertiary/aromatic N) is 2. The zero-order valence-corrected chi connectivity index (χ0v) is 17.2. The molecule has 1 aliphatic heterocycles. The van der Waals surface area contributed by atoms with Crippen LogP contribution < -0.4 is 4.74 Å². The summed E-state index contributed by atoms with van der Waals surface area (Å²) in [5, 5.41) is 10.9. The van der Waals surface area contributed by atoms with Crippen LogP contribution in [0.4, 0.5) is 0 Å². The number of unbranched alkanes of at least 4 members (excludes halogenated alkanes) is 1. The Balaban J connectivity index is 2.00. The van der Waals surface area contributed by atoms with Crippen molar-refractivity contribution in [2.24, 2.45) is 0 Å². The summed E-state index contributed by atoms with van der Waals surface area (Å²) in [6, 6.07) is 9.74. The highest BCUT2D eigenvalue weighted by Gasteiger charge is 2.45. The van der Waals surface area contributed by atoms with Crippen molar-refractivity contribution in [1.82, 2.24) is 9.88 Å². The Morgan fingerprint density at radius 1 is 1.10 bits per heavy atom. The fourth-order valence-corrected chi connectivity index (χ4v) is 3.39. The predicted molar refractivity (Wildman–Crippen MR) is 112 cm³/mol. The van der Waals surface area contributed by atoms with Gasteiger partial charge in [0.1, 0.15) is 11.5 Å². The number of amides is 1. The van der Waals surface area contributed by atoms with Crippen molar-refractivity contribution >= 4 is 17.4 Å². The van der Waals surface area contributed by atoms with Crippen molar-refractivity contribution in [2.45, 2.75) is 25.8 Å². The number of Topliss-reactive ketones (excluding diaryl/α,β-unsaturated/α-hetero) is 1. The van der Waals surface area contributed by atoms with Gasteiger partial charge in [-0.25, -0.2) is 0 Å². The van der Waals surface area contributed by atoms with Crippen molar-refractivity contribution in [3.63, 3.8) is 0 Å². The topological polar surface area (TPSA) is 89.0 Å². The number of ketones is 1. The standard InChI is InChI=1S/C23H26N2O5/c1-3-4-14-30-18-7-5-16(6-8-18)20-19(21(26)17-9-11-24-12-10-17)22(27)23(28)25(20)13-15-29-2/h5-12,20,26H,3-4,13-15H2,1-2H3/b21-19-. The van der Waals surface area contributed by atoms with Crippen LogP contribution in [0.2, 0.25) is 0 Å². The van der Waals surface area contributed by atoms with E-state index in [4.69, 9.17) is 9.47 Å². The molecule has 2 aromatic rings. The lowest BCUT2D eigenvalue weighted by molar-refractivity contribution is -0.140. The minimum atomic E-state index is -0.714. The van der Waals surface area contributed by atoms with Crippen molar-refractivity contribution in [2.75, 3.05) is 26.9 Å². The van der Waals surface area contributed by atoms with Crippen LogP contribution in [0.5, 0.6) is 5.75 Å². The van der Waals surface area contributed by atoms with Gasteiger partial charge in [-0.1, -0.05) is 25.5 Å². The SMILES string of the molecule is CCCCOc1ccc(C2/C(=C(/O)c3ccncc3)C(=O)C(=O)N2CCOC)cc1. The van der Waals surface area contributed by atoms with Crippen molar-refractivity contribution in [1.29, 1.82) is 0 Å². The van der Waals surface area contributed by atoms with E-state index in [2.05, 4.69) is 11.9 Å². The van der Waals surface area contributed by atoms with Crippen LogP contribution in [0.25, 0.3) is 5.76 Å². The van der Waals surface area contributed by atoms with E-state index in [1.165, 1.54) is 24.4 Å². The number of hydrogen-bond donors (Lipinski definition) is 1. The minimum Gasteiger partial charge on any atom is -0.507 e. The summed E-state index contributed by atoms with van der Waals surface area (Å²) in [4.78, 5) is 30.9. The first kappa shape index (κ1) is 21.5. The minimum absolute atomic E-state index is 0.0574. The number of methoxy groups -OCH3 is 1. The summed E-state index contributed by atoms with van der Waals surface area (Å²) in [5.41, 5.74) is 1.20. The van der Waals surface area contributed by atoms with Crippen LogP contribution in [0.1, 0.15) is 36.9 Å². The van der Waals surface area contributed by atoms with Crippen LogP contribution in [-0.2, 0) is 14.3 Å². The maximum atomic E-state index is 12.8. The second-order valence-electron chi connectivity index (χ2n) is 6.99. The Morgan fingerprint density at radius 3 is 2.43 bits per heavy atom. The van der Waals surface area contributed by atoms with E-state index in [0.717, 1.165) is 18.6 Å². The Hall–Kier alpha value is -3.19. The predicted octanol–water partition coefficient (Wildman–Crippen LogP) is 3.33. The number of hydrogen-bond acceptors (Lipinski definition) is 6. The van der Waals surface area contributed by atoms with Crippen LogP contribution >= 0.6 is 0 Å².